The third-order valence-corrected chi connectivity index (χ3v) is 1.98. The van der Waals surface area contributed by atoms with Crippen molar-refractivity contribution in [2.75, 3.05) is 0 Å². The van der Waals surface area contributed by atoms with Crippen molar-refractivity contribution in [1.29, 1.82) is 0 Å². The van der Waals surface area contributed by atoms with Crippen molar-refractivity contribution in [3.8, 4) is 0 Å². The highest BCUT2D eigenvalue weighted by molar-refractivity contribution is 5.78. The second-order valence-electron chi connectivity index (χ2n) is 3.44. The van der Waals surface area contributed by atoms with Crippen LogP contribution in [-0.2, 0) is 4.79 Å². The number of hydrogen-bond donors (Lipinski definition) is 0. The van der Waals surface area contributed by atoms with Crippen LogP contribution in [0, 0.1) is 0 Å². The van der Waals surface area contributed by atoms with Gasteiger partial charge in [-0.25, -0.2) is 0 Å². The van der Waals surface area contributed by atoms with Crippen LogP contribution >= 0.6 is 0 Å². The standard InChI is InChI=1S/C12H22O/c1-3-5-6-7-8-9-11-12(13)10-4-2/h6-7H,3-5,8-11H2,1-2H3/b7-6-. The van der Waals surface area contributed by atoms with E-state index >= 15 is 0 Å². The first-order chi connectivity index (χ1) is 6.31. The van der Waals surface area contributed by atoms with Gasteiger partial charge in [-0.15, -0.1) is 0 Å². The molecule has 0 bridgehead atoms. The number of allylic oxidation sites excluding steroid dienone is 2. The molecule has 0 aliphatic rings. The lowest BCUT2D eigenvalue weighted by molar-refractivity contribution is -0.119. The molecule has 0 heterocycles. The molecule has 0 saturated carbocycles. The van der Waals surface area contributed by atoms with Gasteiger partial charge in [0.15, 0.2) is 0 Å². The van der Waals surface area contributed by atoms with Crippen LogP contribution in [0.2, 0.25) is 0 Å². The topological polar surface area (TPSA) is 17.1 Å². The lowest BCUT2D eigenvalue weighted by Gasteiger charge is -1.95. The highest BCUT2D eigenvalue weighted by Gasteiger charge is 1.97. The Bertz CT molecular complexity index is 147. The van der Waals surface area contributed by atoms with Crippen molar-refractivity contribution in [3.63, 3.8) is 0 Å². The highest BCUT2D eigenvalue weighted by Crippen LogP contribution is 2.02. The number of rotatable bonds is 8. The molecular formula is C12H22O. The minimum atomic E-state index is 0.423. The predicted molar refractivity (Wildman–Crippen MR) is 57.8 cm³/mol. The number of hydrogen-bond acceptors (Lipinski definition) is 1. The van der Waals surface area contributed by atoms with Crippen molar-refractivity contribution in [1.82, 2.24) is 0 Å². The van der Waals surface area contributed by atoms with Crippen LogP contribution in [-0.4, -0.2) is 5.78 Å². The minimum absolute atomic E-state index is 0.423. The van der Waals surface area contributed by atoms with Gasteiger partial charge in [0.2, 0.25) is 0 Å². The molecule has 0 aliphatic heterocycles. The van der Waals surface area contributed by atoms with Crippen molar-refractivity contribution in [2.24, 2.45) is 0 Å². The van der Waals surface area contributed by atoms with Gasteiger partial charge in [0.1, 0.15) is 5.78 Å². The van der Waals surface area contributed by atoms with Gasteiger partial charge in [-0.05, 0) is 25.7 Å². The summed E-state index contributed by atoms with van der Waals surface area (Å²) in [6.45, 7) is 4.23. The van der Waals surface area contributed by atoms with E-state index < -0.39 is 0 Å². The lowest BCUT2D eigenvalue weighted by Crippen LogP contribution is -1.95. The van der Waals surface area contributed by atoms with Gasteiger partial charge in [-0.1, -0.05) is 32.4 Å². The summed E-state index contributed by atoms with van der Waals surface area (Å²) >= 11 is 0. The maximum atomic E-state index is 11.1. The molecule has 0 rings (SSSR count). The summed E-state index contributed by atoms with van der Waals surface area (Å²) < 4.78 is 0. The maximum Gasteiger partial charge on any atom is 0.132 e. The van der Waals surface area contributed by atoms with Crippen LogP contribution in [0.15, 0.2) is 12.2 Å². The molecule has 0 fully saturated rings. The van der Waals surface area contributed by atoms with E-state index in [0.29, 0.717) is 5.78 Å². The van der Waals surface area contributed by atoms with E-state index in [1.54, 1.807) is 0 Å². The summed E-state index contributed by atoms with van der Waals surface area (Å²) in [6.07, 6.45) is 11.4. The van der Waals surface area contributed by atoms with E-state index in [4.69, 9.17) is 0 Å². The molecule has 0 spiro atoms. The van der Waals surface area contributed by atoms with Gasteiger partial charge in [0.05, 0.1) is 0 Å². The average Bonchev–Trinajstić information content (AvgIpc) is 2.11. The van der Waals surface area contributed by atoms with E-state index in [1.165, 1.54) is 12.8 Å². The maximum absolute atomic E-state index is 11.1. The van der Waals surface area contributed by atoms with Crippen molar-refractivity contribution < 1.29 is 4.79 Å². The lowest BCUT2D eigenvalue weighted by atomic mass is 10.1. The molecule has 0 N–H and O–H groups in total. The summed E-state index contributed by atoms with van der Waals surface area (Å²) in [5.41, 5.74) is 0. The first-order valence-electron chi connectivity index (χ1n) is 5.48. The third-order valence-electron chi connectivity index (χ3n) is 1.98. The smallest absolute Gasteiger partial charge is 0.132 e. The molecule has 1 nitrogen and oxygen atoms in total. The molecule has 0 aromatic heterocycles. The van der Waals surface area contributed by atoms with Gasteiger partial charge in [0, 0.05) is 12.8 Å². The fraction of sp³-hybridized carbons (Fsp3) is 0.750. The number of carbonyl (C=O) groups excluding carboxylic acids is 1. The first kappa shape index (κ1) is 12.4. The van der Waals surface area contributed by atoms with Gasteiger partial charge in [-0.2, -0.15) is 0 Å². The van der Waals surface area contributed by atoms with Crippen molar-refractivity contribution in [3.05, 3.63) is 12.2 Å². The Hall–Kier alpha value is -0.590. The SMILES string of the molecule is CCC/C=C\CCCC(=O)CCC. The Morgan fingerprint density at radius 1 is 1.00 bits per heavy atom. The van der Waals surface area contributed by atoms with Gasteiger partial charge in [0.25, 0.3) is 0 Å². The van der Waals surface area contributed by atoms with Crippen LogP contribution in [0.3, 0.4) is 0 Å². The molecule has 0 unspecified atom stereocenters. The zero-order chi connectivity index (χ0) is 9.94. The second kappa shape index (κ2) is 9.50. The average molecular weight is 182 g/mol. The summed E-state index contributed by atoms with van der Waals surface area (Å²) in [5.74, 6) is 0.423. The van der Waals surface area contributed by atoms with Gasteiger partial charge in [-0.3, -0.25) is 4.79 Å². The number of carbonyl (C=O) groups is 1. The van der Waals surface area contributed by atoms with Crippen molar-refractivity contribution in [2.45, 2.75) is 58.8 Å². The molecule has 0 aliphatic carbocycles. The largest absolute Gasteiger partial charge is 0.300 e. The second-order valence-corrected chi connectivity index (χ2v) is 3.44. The molecule has 13 heavy (non-hydrogen) atoms. The number of ketones is 1. The van der Waals surface area contributed by atoms with E-state index in [1.807, 2.05) is 0 Å². The zero-order valence-electron chi connectivity index (χ0n) is 9.01. The summed E-state index contributed by atoms with van der Waals surface area (Å²) in [7, 11) is 0. The molecule has 0 atom stereocenters. The normalized spacial score (nSPS) is 10.9. The Kier molecular flexibility index (Phi) is 9.07. The van der Waals surface area contributed by atoms with Crippen LogP contribution < -0.4 is 0 Å². The number of Topliss-reactive ketones (excluding diaryl/α,β-unsaturated/α-hetero) is 1. The van der Waals surface area contributed by atoms with Crippen LogP contribution in [0.4, 0.5) is 0 Å². The fourth-order valence-electron chi connectivity index (χ4n) is 1.22. The Morgan fingerprint density at radius 3 is 2.31 bits per heavy atom. The first-order valence-corrected chi connectivity index (χ1v) is 5.48. The molecule has 1 heteroatoms. The molecule has 0 radical (unpaired) electrons. The molecule has 0 amide bonds. The molecule has 0 aromatic rings. The van der Waals surface area contributed by atoms with Crippen LogP contribution in [0.1, 0.15) is 58.8 Å². The summed E-state index contributed by atoms with van der Waals surface area (Å²) in [6, 6.07) is 0. The van der Waals surface area contributed by atoms with E-state index in [9.17, 15) is 4.79 Å². The van der Waals surface area contributed by atoms with Crippen LogP contribution in [0.25, 0.3) is 0 Å². The summed E-state index contributed by atoms with van der Waals surface area (Å²) in [5, 5.41) is 0. The quantitative estimate of drug-likeness (QED) is 0.411. The molecule has 76 valence electrons. The molecular weight excluding hydrogens is 160 g/mol. The van der Waals surface area contributed by atoms with Gasteiger partial charge >= 0.3 is 0 Å². The Balaban J connectivity index is 3.20. The third kappa shape index (κ3) is 9.32. The number of unbranched alkanes of at least 4 members (excludes halogenated alkanes) is 2. The van der Waals surface area contributed by atoms with Crippen molar-refractivity contribution >= 4 is 5.78 Å². The summed E-state index contributed by atoms with van der Waals surface area (Å²) in [4.78, 5) is 11.1. The van der Waals surface area contributed by atoms with E-state index in [2.05, 4.69) is 26.0 Å². The molecule has 0 saturated heterocycles. The Labute approximate surface area is 82.2 Å². The monoisotopic (exact) mass is 182 g/mol. The predicted octanol–water partition coefficient (Wildman–Crippen LogP) is 3.88. The fourth-order valence-corrected chi connectivity index (χ4v) is 1.22. The minimum Gasteiger partial charge on any atom is -0.300 e. The highest BCUT2D eigenvalue weighted by atomic mass is 16.1. The van der Waals surface area contributed by atoms with E-state index in [0.717, 1.165) is 32.1 Å². The molecule has 0 aromatic carbocycles. The van der Waals surface area contributed by atoms with E-state index in [-0.39, 0.29) is 0 Å². The Morgan fingerprint density at radius 2 is 1.69 bits per heavy atom. The zero-order valence-corrected chi connectivity index (χ0v) is 9.01. The van der Waals surface area contributed by atoms with Crippen LogP contribution in [0.5, 0.6) is 0 Å². The van der Waals surface area contributed by atoms with Gasteiger partial charge < -0.3 is 0 Å².